The first kappa shape index (κ1) is 23.9. The largest absolute Gasteiger partial charge is 0.488 e. The molecule has 0 amide bonds. The van der Waals surface area contributed by atoms with E-state index in [2.05, 4.69) is 19.1 Å². The van der Waals surface area contributed by atoms with E-state index in [-0.39, 0.29) is 35.2 Å². The number of likely N-dealkylation sites (N-methyl/N-ethyl adjacent to an activating group) is 1. The summed E-state index contributed by atoms with van der Waals surface area (Å²) in [6.45, 7) is 1.33. The monoisotopic (exact) mass is 516 g/mol. The number of halogens is 2. The Bertz CT molecular complexity index is 1510. The highest BCUT2D eigenvalue weighted by atomic mass is 32.3. The molecule has 1 fully saturated rings. The van der Waals surface area contributed by atoms with Crippen LogP contribution < -0.4 is 13.7 Å². The van der Waals surface area contributed by atoms with E-state index in [4.69, 9.17) is 9.47 Å². The maximum absolute atomic E-state index is 13.7. The van der Waals surface area contributed by atoms with Gasteiger partial charge in [-0.25, -0.2) is 4.39 Å². The number of para-hydroxylation sites is 2. The number of ether oxygens (including phenoxy) is 2. The molecule has 1 saturated heterocycles. The Hall–Kier alpha value is -3.77. The molecule has 1 aliphatic rings. The van der Waals surface area contributed by atoms with Crippen molar-refractivity contribution in [2.24, 2.45) is 0 Å². The van der Waals surface area contributed by atoms with Crippen LogP contribution in [0.3, 0.4) is 0 Å². The second-order valence-corrected chi connectivity index (χ2v) is 9.30. The molecule has 1 unspecified atom stereocenters. The molecule has 0 saturated carbocycles. The van der Waals surface area contributed by atoms with Crippen molar-refractivity contribution < 1.29 is 30.4 Å². The van der Waals surface area contributed by atoms with Crippen molar-refractivity contribution in [2.75, 3.05) is 20.2 Å². The minimum absolute atomic E-state index is 0.00560. The molecule has 1 aliphatic heterocycles. The summed E-state index contributed by atoms with van der Waals surface area (Å²) in [5.41, 5.74) is 0.690. The van der Waals surface area contributed by atoms with Gasteiger partial charge in [0.25, 0.3) is 0 Å². The fraction of sp³-hybridized carbons (Fsp3) is 0.250. The van der Waals surface area contributed by atoms with Crippen molar-refractivity contribution in [3.63, 3.8) is 0 Å². The van der Waals surface area contributed by atoms with Crippen LogP contribution in [-0.4, -0.2) is 54.1 Å². The van der Waals surface area contributed by atoms with Crippen molar-refractivity contribution in [2.45, 2.75) is 18.9 Å². The lowest BCUT2D eigenvalue weighted by molar-refractivity contribution is 0.186. The van der Waals surface area contributed by atoms with Crippen LogP contribution in [0.25, 0.3) is 16.7 Å². The summed E-state index contributed by atoms with van der Waals surface area (Å²) < 4.78 is 66.7. The van der Waals surface area contributed by atoms with Crippen molar-refractivity contribution in [1.82, 2.24) is 19.4 Å². The van der Waals surface area contributed by atoms with Crippen molar-refractivity contribution in [1.29, 1.82) is 0 Å². The van der Waals surface area contributed by atoms with Crippen LogP contribution in [0, 0.1) is 5.82 Å². The van der Waals surface area contributed by atoms with Crippen LogP contribution in [0.2, 0.25) is 0 Å². The first-order valence-electron chi connectivity index (χ1n) is 11.2. The number of hydrogen-bond acceptors (Lipinski definition) is 8. The SMILES string of the molecule is CN1CCCC1COc1nc(Oc2ccccc2OS(=O)(=O)F)cc(-n2ccc3cc(F)ccc32)n1. The number of rotatable bonds is 8. The molecule has 5 rings (SSSR count). The van der Waals surface area contributed by atoms with Crippen LogP contribution in [0.5, 0.6) is 23.4 Å². The third-order valence-electron chi connectivity index (χ3n) is 5.90. The second kappa shape index (κ2) is 9.70. The van der Waals surface area contributed by atoms with Gasteiger partial charge in [0.05, 0.1) is 5.52 Å². The summed E-state index contributed by atoms with van der Waals surface area (Å²) in [5, 5.41) is 0.665. The summed E-state index contributed by atoms with van der Waals surface area (Å²) in [4.78, 5) is 11.0. The third-order valence-corrected chi connectivity index (χ3v) is 6.28. The first-order chi connectivity index (χ1) is 17.2. The van der Waals surface area contributed by atoms with E-state index in [1.165, 1.54) is 36.4 Å². The zero-order valence-corrected chi connectivity index (χ0v) is 20.0. The number of benzene rings is 2. The van der Waals surface area contributed by atoms with E-state index in [1.54, 1.807) is 29.0 Å². The van der Waals surface area contributed by atoms with Gasteiger partial charge in [-0.05, 0) is 62.8 Å². The number of fused-ring (bicyclic) bond motifs is 1. The Balaban J connectivity index is 1.52. The van der Waals surface area contributed by atoms with Crippen LogP contribution in [0.4, 0.5) is 8.28 Å². The van der Waals surface area contributed by atoms with Crippen LogP contribution in [-0.2, 0) is 10.5 Å². The van der Waals surface area contributed by atoms with Gasteiger partial charge in [0.1, 0.15) is 18.2 Å². The van der Waals surface area contributed by atoms with Crippen molar-refractivity contribution >= 4 is 21.4 Å². The van der Waals surface area contributed by atoms with Crippen molar-refractivity contribution in [3.8, 4) is 29.2 Å². The minimum atomic E-state index is -5.27. The van der Waals surface area contributed by atoms with E-state index in [1.807, 2.05) is 7.05 Å². The summed E-state index contributed by atoms with van der Waals surface area (Å²) in [6.07, 6.45) is 3.77. The first-order valence-corrected chi connectivity index (χ1v) is 12.5. The fourth-order valence-electron chi connectivity index (χ4n) is 4.13. The lowest BCUT2D eigenvalue weighted by atomic mass is 10.2. The van der Waals surface area contributed by atoms with E-state index in [0.717, 1.165) is 19.4 Å². The number of aromatic nitrogens is 3. The minimum Gasteiger partial charge on any atom is -0.462 e. The third kappa shape index (κ3) is 5.39. The van der Waals surface area contributed by atoms with E-state index >= 15 is 0 Å². The highest BCUT2D eigenvalue weighted by Crippen LogP contribution is 2.33. The maximum atomic E-state index is 13.7. The summed E-state index contributed by atoms with van der Waals surface area (Å²) in [6, 6.07) is 13.5. The van der Waals surface area contributed by atoms with Gasteiger partial charge in [-0.1, -0.05) is 16.0 Å². The Morgan fingerprint density at radius 3 is 2.64 bits per heavy atom. The highest BCUT2D eigenvalue weighted by Gasteiger charge is 2.23. The topological polar surface area (TPSA) is 95.8 Å². The van der Waals surface area contributed by atoms with Gasteiger partial charge in [-0.2, -0.15) is 18.4 Å². The molecule has 1 atom stereocenters. The van der Waals surface area contributed by atoms with Crippen LogP contribution in [0.15, 0.2) is 60.8 Å². The van der Waals surface area contributed by atoms with E-state index < -0.39 is 10.5 Å². The molecule has 3 heterocycles. The Kier molecular flexibility index (Phi) is 6.46. The number of hydrogen-bond donors (Lipinski definition) is 0. The average molecular weight is 517 g/mol. The van der Waals surface area contributed by atoms with Gasteiger partial charge in [-0.15, -0.1) is 0 Å². The predicted molar refractivity (Wildman–Crippen MR) is 127 cm³/mol. The Morgan fingerprint density at radius 2 is 1.89 bits per heavy atom. The zero-order chi connectivity index (χ0) is 25.3. The van der Waals surface area contributed by atoms with Gasteiger partial charge in [-0.3, -0.25) is 0 Å². The molecule has 188 valence electrons. The Labute approximate surface area is 206 Å². The number of likely N-dealkylation sites (tertiary alicyclic amines) is 1. The average Bonchev–Trinajstić information content (AvgIpc) is 3.43. The Morgan fingerprint density at radius 1 is 1.08 bits per heavy atom. The molecule has 2 aromatic carbocycles. The highest BCUT2D eigenvalue weighted by molar-refractivity contribution is 7.81. The summed E-state index contributed by atoms with van der Waals surface area (Å²) in [7, 11) is -3.25. The molecule has 0 radical (unpaired) electrons. The lowest BCUT2D eigenvalue weighted by Crippen LogP contribution is -2.30. The fourth-order valence-corrected chi connectivity index (χ4v) is 4.48. The lowest BCUT2D eigenvalue weighted by Gasteiger charge is -2.19. The normalized spacial score (nSPS) is 16.4. The molecule has 0 spiro atoms. The standard InChI is InChI=1S/C24H22F2N4O5S/c1-29-11-4-5-18(29)15-33-24-27-22(30-12-10-16-13-17(25)8-9-19(16)30)14-23(28-24)34-20-6-2-3-7-21(20)35-36(26,31)32/h2-3,6-10,12-14,18H,4-5,11,15H2,1H3. The molecule has 0 aliphatic carbocycles. The van der Waals surface area contributed by atoms with Gasteiger partial charge < -0.3 is 23.1 Å². The maximum Gasteiger partial charge on any atom is 0.488 e. The van der Waals surface area contributed by atoms with Crippen LogP contribution >= 0.6 is 0 Å². The molecule has 4 aromatic rings. The summed E-state index contributed by atoms with van der Waals surface area (Å²) in [5.74, 6) is -0.420. The zero-order valence-electron chi connectivity index (χ0n) is 19.2. The molecule has 36 heavy (non-hydrogen) atoms. The van der Waals surface area contributed by atoms with Gasteiger partial charge in [0, 0.05) is 23.7 Å². The van der Waals surface area contributed by atoms with Gasteiger partial charge >= 0.3 is 16.5 Å². The van der Waals surface area contributed by atoms with Crippen molar-refractivity contribution in [3.05, 3.63) is 66.6 Å². The van der Waals surface area contributed by atoms with Crippen LogP contribution in [0.1, 0.15) is 12.8 Å². The summed E-state index contributed by atoms with van der Waals surface area (Å²) >= 11 is 0. The molecule has 0 N–H and O–H groups in total. The second-order valence-electron chi connectivity index (χ2n) is 8.35. The molecule has 9 nitrogen and oxygen atoms in total. The molecule has 0 bridgehead atoms. The predicted octanol–water partition coefficient (Wildman–Crippen LogP) is 4.42. The number of nitrogens with zero attached hydrogens (tertiary/aromatic N) is 4. The molecular weight excluding hydrogens is 494 g/mol. The molecular formula is C24H22F2N4O5S. The van der Waals surface area contributed by atoms with Gasteiger partial charge in [0.15, 0.2) is 11.5 Å². The smallest absolute Gasteiger partial charge is 0.462 e. The quantitative estimate of drug-likeness (QED) is 0.318. The van der Waals surface area contributed by atoms with E-state index in [0.29, 0.717) is 23.3 Å². The molecule has 12 heteroatoms. The van der Waals surface area contributed by atoms with Gasteiger partial charge in [0.2, 0.25) is 5.88 Å². The van der Waals surface area contributed by atoms with E-state index in [9.17, 15) is 16.7 Å². The molecule has 2 aromatic heterocycles.